The maximum absolute atomic E-state index is 11.6. The number of ketones is 1. The molecule has 0 aliphatic carbocycles. The van der Waals surface area contributed by atoms with Gasteiger partial charge in [-0.2, -0.15) is 0 Å². The second-order valence-corrected chi connectivity index (χ2v) is 3.84. The van der Waals surface area contributed by atoms with Crippen LogP contribution in [0.5, 0.6) is 0 Å². The van der Waals surface area contributed by atoms with Crippen molar-refractivity contribution in [3.63, 3.8) is 0 Å². The number of Topliss-reactive ketones (excluding diaryl/α,β-unsaturated/α-hetero) is 1. The number of rotatable bonds is 3. The molecule has 0 fully saturated rings. The first kappa shape index (κ1) is 11.8. The molecule has 4 heteroatoms. The molecular weight excluding hydrogens is 196 g/mol. The van der Waals surface area contributed by atoms with Crippen molar-refractivity contribution in [1.29, 1.82) is 0 Å². The van der Waals surface area contributed by atoms with Crippen LogP contribution in [-0.2, 0) is 19.1 Å². The number of allylic oxidation sites excluding steroid dienone is 1. The number of esters is 1. The van der Waals surface area contributed by atoms with Gasteiger partial charge < -0.3 is 9.47 Å². The van der Waals surface area contributed by atoms with E-state index in [-0.39, 0.29) is 17.5 Å². The summed E-state index contributed by atoms with van der Waals surface area (Å²) in [5.74, 6) is -0.415. The van der Waals surface area contributed by atoms with Crippen molar-refractivity contribution in [2.24, 2.45) is 5.92 Å². The Balaban J connectivity index is 2.74. The summed E-state index contributed by atoms with van der Waals surface area (Å²) >= 11 is 0. The second kappa shape index (κ2) is 4.47. The predicted molar refractivity (Wildman–Crippen MR) is 53.8 cm³/mol. The Morgan fingerprint density at radius 2 is 2.13 bits per heavy atom. The van der Waals surface area contributed by atoms with Crippen LogP contribution in [0.4, 0.5) is 0 Å². The van der Waals surface area contributed by atoms with Gasteiger partial charge in [-0.3, -0.25) is 9.59 Å². The SMILES string of the molecule is CCC1OC(C)=C(OC(=O)C(C)C)C1=O. The van der Waals surface area contributed by atoms with E-state index in [1.165, 1.54) is 0 Å². The van der Waals surface area contributed by atoms with Crippen LogP contribution in [0.15, 0.2) is 11.5 Å². The van der Waals surface area contributed by atoms with E-state index >= 15 is 0 Å². The molecule has 1 unspecified atom stereocenters. The first-order valence-electron chi connectivity index (χ1n) is 5.10. The van der Waals surface area contributed by atoms with E-state index in [9.17, 15) is 9.59 Å². The molecule has 84 valence electrons. The van der Waals surface area contributed by atoms with E-state index < -0.39 is 12.1 Å². The summed E-state index contributed by atoms with van der Waals surface area (Å²) in [5, 5.41) is 0. The van der Waals surface area contributed by atoms with E-state index in [1.807, 2.05) is 6.92 Å². The molecule has 0 aromatic heterocycles. The average Bonchev–Trinajstić information content (AvgIpc) is 2.44. The number of ether oxygens (including phenoxy) is 2. The quantitative estimate of drug-likeness (QED) is 0.669. The van der Waals surface area contributed by atoms with Gasteiger partial charge in [0.1, 0.15) is 5.76 Å². The van der Waals surface area contributed by atoms with E-state index in [4.69, 9.17) is 9.47 Å². The standard InChI is InChI=1S/C11H16O4/c1-5-8-9(12)10(7(4)14-8)15-11(13)6(2)3/h6,8H,5H2,1-4H3. The van der Waals surface area contributed by atoms with Crippen molar-refractivity contribution in [3.8, 4) is 0 Å². The molecule has 0 saturated heterocycles. The van der Waals surface area contributed by atoms with Crippen LogP contribution in [0, 0.1) is 5.92 Å². The second-order valence-electron chi connectivity index (χ2n) is 3.84. The van der Waals surface area contributed by atoms with Crippen molar-refractivity contribution in [2.75, 3.05) is 0 Å². The lowest BCUT2D eigenvalue weighted by atomic mass is 10.2. The molecule has 0 aromatic rings. The molecule has 15 heavy (non-hydrogen) atoms. The minimum absolute atomic E-state index is 0.0700. The molecular formula is C11H16O4. The summed E-state index contributed by atoms with van der Waals surface area (Å²) in [6.45, 7) is 6.92. The predicted octanol–water partition coefficient (Wildman–Crippen LogP) is 1.79. The van der Waals surface area contributed by atoms with Crippen LogP contribution >= 0.6 is 0 Å². The Labute approximate surface area is 89.2 Å². The van der Waals surface area contributed by atoms with Gasteiger partial charge in [0, 0.05) is 0 Å². The van der Waals surface area contributed by atoms with Crippen LogP contribution in [0.25, 0.3) is 0 Å². The average molecular weight is 212 g/mol. The first-order chi connectivity index (χ1) is 6.97. The number of carbonyl (C=O) groups excluding carboxylic acids is 2. The van der Waals surface area contributed by atoms with Crippen molar-refractivity contribution >= 4 is 11.8 Å². The number of carbonyl (C=O) groups is 2. The fourth-order valence-corrected chi connectivity index (χ4v) is 1.25. The normalized spacial score (nSPS) is 20.9. The zero-order valence-corrected chi connectivity index (χ0v) is 9.49. The Bertz CT molecular complexity index is 315. The molecule has 0 aromatic carbocycles. The van der Waals surface area contributed by atoms with Crippen LogP contribution in [-0.4, -0.2) is 17.9 Å². The monoisotopic (exact) mass is 212 g/mol. The van der Waals surface area contributed by atoms with Crippen LogP contribution in [0.2, 0.25) is 0 Å². The molecule has 1 atom stereocenters. The minimum Gasteiger partial charge on any atom is -0.483 e. The third kappa shape index (κ3) is 2.37. The fraction of sp³-hybridized carbons (Fsp3) is 0.636. The molecule has 0 spiro atoms. The van der Waals surface area contributed by atoms with Crippen LogP contribution in [0.1, 0.15) is 34.1 Å². The van der Waals surface area contributed by atoms with Gasteiger partial charge in [0.2, 0.25) is 11.5 Å². The fourth-order valence-electron chi connectivity index (χ4n) is 1.25. The molecule has 1 aliphatic rings. The van der Waals surface area contributed by atoms with Gasteiger partial charge in [0.15, 0.2) is 6.10 Å². The van der Waals surface area contributed by atoms with Crippen molar-refractivity contribution in [2.45, 2.75) is 40.2 Å². The highest BCUT2D eigenvalue weighted by atomic mass is 16.6. The molecule has 0 saturated carbocycles. The van der Waals surface area contributed by atoms with E-state index in [0.29, 0.717) is 12.2 Å². The lowest BCUT2D eigenvalue weighted by molar-refractivity contribution is -0.145. The molecule has 1 aliphatic heterocycles. The maximum Gasteiger partial charge on any atom is 0.314 e. The maximum atomic E-state index is 11.6. The van der Waals surface area contributed by atoms with E-state index in [2.05, 4.69) is 0 Å². The summed E-state index contributed by atoms with van der Waals surface area (Å²) in [6, 6.07) is 0. The zero-order chi connectivity index (χ0) is 11.6. The molecule has 0 bridgehead atoms. The van der Waals surface area contributed by atoms with Crippen LogP contribution in [0.3, 0.4) is 0 Å². The lowest BCUT2D eigenvalue weighted by Gasteiger charge is -2.06. The summed E-state index contributed by atoms with van der Waals surface area (Å²) in [6.07, 6.45) is 0.0961. The first-order valence-corrected chi connectivity index (χ1v) is 5.10. The summed E-state index contributed by atoms with van der Waals surface area (Å²) < 4.78 is 10.3. The van der Waals surface area contributed by atoms with Gasteiger partial charge in [0.05, 0.1) is 5.92 Å². The van der Waals surface area contributed by atoms with Crippen molar-refractivity contribution < 1.29 is 19.1 Å². The summed E-state index contributed by atoms with van der Waals surface area (Å²) in [5.41, 5.74) is 0. The van der Waals surface area contributed by atoms with Gasteiger partial charge in [0.25, 0.3) is 0 Å². The van der Waals surface area contributed by atoms with Gasteiger partial charge in [-0.1, -0.05) is 20.8 Å². The zero-order valence-electron chi connectivity index (χ0n) is 9.49. The molecule has 0 N–H and O–H groups in total. The van der Waals surface area contributed by atoms with Gasteiger partial charge in [-0.05, 0) is 13.3 Å². The topological polar surface area (TPSA) is 52.6 Å². The lowest BCUT2D eigenvalue weighted by Crippen LogP contribution is -2.20. The third-order valence-electron chi connectivity index (χ3n) is 2.20. The van der Waals surface area contributed by atoms with Crippen molar-refractivity contribution in [3.05, 3.63) is 11.5 Å². The van der Waals surface area contributed by atoms with E-state index in [0.717, 1.165) is 0 Å². The highest BCUT2D eigenvalue weighted by Crippen LogP contribution is 2.24. The Hall–Kier alpha value is -1.32. The smallest absolute Gasteiger partial charge is 0.314 e. The number of hydrogen-bond donors (Lipinski definition) is 0. The molecule has 1 rings (SSSR count). The molecule has 4 nitrogen and oxygen atoms in total. The highest BCUT2D eigenvalue weighted by molar-refractivity contribution is 6.01. The van der Waals surface area contributed by atoms with E-state index in [1.54, 1.807) is 20.8 Å². The Morgan fingerprint density at radius 3 is 2.53 bits per heavy atom. The molecule has 0 radical (unpaired) electrons. The number of hydrogen-bond acceptors (Lipinski definition) is 4. The minimum atomic E-state index is -0.486. The summed E-state index contributed by atoms with van der Waals surface area (Å²) in [4.78, 5) is 23.0. The molecule has 0 amide bonds. The van der Waals surface area contributed by atoms with Crippen molar-refractivity contribution in [1.82, 2.24) is 0 Å². The molecule has 1 heterocycles. The third-order valence-corrected chi connectivity index (χ3v) is 2.20. The van der Waals surface area contributed by atoms with Crippen LogP contribution < -0.4 is 0 Å². The highest BCUT2D eigenvalue weighted by Gasteiger charge is 2.35. The van der Waals surface area contributed by atoms with Gasteiger partial charge >= 0.3 is 5.97 Å². The Morgan fingerprint density at radius 1 is 1.53 bits per heavy atom. The largest absolute Gasteiger partial charge is 0.483 e. The summed E-state index contributed by atoms with van der Waals surface area (Å²) in [7, 11) is 0. The van der Waals surface area contributed by atoms with Gasteiger partial charge in [-0.25, -0.2) is 0 Å². The van der Waals surface area contributed by atoms with Gasteiger partial charge in [-0.15, -0.1) is 0 Å². The Kier molecular flexibility index (Phi) is 3.50.